The Bertz CT molecular complexity index is 946. The lowest BCUT2D eigenvalue weighted by molar-refractivity contribution is 0.589. The second-order valence-corrected chi connectivity index (χ2v) is 11.1. The second kappa shape index (κ2) is 7.43. The Labute approximate surface area is 153 Å². The fourth-order valence-corrected chi connectivity index (χ4v) is 6.07. The van der Waals surface area contributed by atoms with Crippen molar-refractivity contribution in [2.45, 2.75) is 54.4 Å². The third kappa shape index (κ3) is 4.21. The highest BCUT2D eigenvalue weighted by atomic mass is 32.2. The van der Waals surface area contributed by atoms with Crippen LogP contribution in [0.1, 0.15) is 32.8 Å². The van der Waals surface area contributed by atoms with Crippen LogP contribution in [0.3, 0.4) is 0 Å². The Hall–Kier alpha value is -1.45. The predicted octanol–water partition coefficient (Wildman–Crippen LogP) is 3.29. The number of hydrogen-bond donors (Lipinski definition) is 1. The summed E-state index contributed by atoms with van der Waals surface area (Å²) in [5.74, 6) is -0.132. The van der Waals surface area contributed by atoms with Crippen molar-refractivity contribution < 1.29 is 16.8 Å². The van der Waals surface area contributed by atoms with E-state index in [2.05, 4.69) is 10.3 Å². The first-order valence-corrected chi connectivity index (χ1v) is 11.9. The lowest BCUT2D eigenvalue weighted by Crippen LogP contribution is -2.15. The number of aromatic nitrogens is 1. The van der Waals surface area contributed by atoms with Crippen molar-refractivity contribution >= 4 is 36.0 Å². The van der Waals surface area contributed by atoms with E-state index >= 15 is 0 Å². The van der Waals surface area contributed by atoms with Crippen LogP contribution in [-0.4, -0.2) is 33.6 Å². The molecule has 6 nitrogen and oxygen atoms in total. The van der Waals surface area contributed by atoms with E-state index in [1.54, 1.807) is 12.1 Å². The molecule has 1 heterocycles. The van der Waals surface area contributed by atoms with Gasteiger partial charge in [0.05, 0.1) is 10.6 Å². The molecule has 9 heteroatoms. The maximum Gasteiger partial charge on any atom is 0.226 e. The molecule has 0 bridgehead atoms. The number of hydrogen-bond acceptors (Lipinski definition) is 7. The molecule has 1 aromatic carbocycles. The summed E-state index contributed by atoms with van der Waals surface area (Å²) in [4.78, 5) is 4.08. The number of nitrogens with one attached hydrogen (secondary N) is 1. The fraction of sp³-hybridized carbons (Fsp3) is 0.438. The van der Waals surface area contributed by atoms with E-state index in [0.29, 0.717) is 0 Å². The molecular formula is C16H22N2O4S3. The van der Waals surface area contributed by atoms with Crippen LogP contribution in [-0.2, 0) is 19.7 Å². The molecule has 0 aliphatic rings. The molecule has 25 heavy (non-hydrogen) atoms. The van der Waals surface area contributed by atoms with Gasteiger partial charge in [-0.2, -0.15) is 0 Å². The van der Waals surface area contributed by atoms with Crippen LogP contribution in [0.5, 0.6) is 0 Å². The molecule has 0 spiro atoms. The van der Waals surface area contributed by atoms with E-state index in [-0.39, 0.29) is 31.1 Å². The molecule has 138 valence electrons. The zero-order valence-corrected chi connectivity index (χ0v) is 17.1. The van der Waals surface area contributed by atoms with Gasteiger partial charge < -0.3 is 5.32 Å². The molecule has 2 aromatic rings. The summed E-state index contributed by atoms with van der Waals surface area (Å²) in [7, 11) is -7.50. The number of nitrogens with zero attached hydrogens (tertiary/aromatic N) is 1. The summed E-state index contributed by atoms with van der Waals surface area (Å²) in [5.41, 5.74) is 0.935. The monoisotopic (exact) mass is 402 g/mol. The molecule has 0 unspecified atom stereocenters. The molecule has 2 rings (SSSR count). The summed E-state index contributed by atoms with van der Waals surface area (Å²) in [6.45, 7) is 7.22. The van der Waals surface area contributed by atoms with Gasteiger partial charge >= 0.3 is 0 Å². The summed E-state index contributed by atoms with van der Waals surface area (Å²) >= 11 is 0.870. The van der Waals surface area contributed by atoms with Crippen molar-refractivity contribution in [2.75, 3.05) is 11.1 Å². The topological polar surface area (TPSA) is 93.2 Å². The molecule has 0 saturated heterocycles. The Kier molecular flexibility index (Phi) is 5.90. The van der Waals surface area contributed by atoms with Gasteiger partial charge in [-0.3, -0.25) is 0 Å². The van der Waals surface area contributed by atoms with Gasteiger partial charge in [0, 0.05) is 6.04 Å². The smallest absolute Gasteiger partial charge is 0.226 e. The van der Waals surface area contributed by atoms with Gasteiger partial charge in [0.1, 0.15) is 5.00 Å². The fourth-order valence-electron chi connectivity index (χ4n) is 1.97. The number of thiazole rings is 1. The normalized spacial score (nSPS) is 13.6. The van der Waals surface area contributed by atoms with Gasteiger partial charge in [0.25, 0.3) is 0 Å². The first kappa shape index (κ1) is 19.9. The van der Waals surface area contributed by atoms with Gasteiger partial charge in [0.2, 0.25) is 24.0 Å². The van der Waals surface area contributed by atoms with Crippen molar-refractivity contribution in [1.29, 1.82) is 0 Å². The highest BCUT2D eigenvalue weighted by molar-refractivity contribution is 7.94. The first-order valence-electron chi connectivity index (χ1n) is 7.93. The molecule has 0 aliphatic carbocycles. The number of anilines is 1. The second-order valence-electron chi connectivity index (χ2n) is 5.79. The van der Waals surface area contributed by atoms with Crippen LogP contribution in [0, 0.1) is 6.92 Å². The highest BCUT2D eigenvalue weighted by Gasteiger charge is 2.30. The number of sulfone groups is 2. The predicted molar refractivity (Wildman–Crippen MR) is 99.8 cm³/mol. The van der Waals surface area contributed by atoms with Crippen LogP contribution in [0.25, 0.3) is 0 Å². The van der Waals surface area contributed by atoms with Crippen LogP contribution in [0.2, 0.25) is 0 Å². The van der Waals surface area contributed by atoms with E-state index < -0.39 is 19.7 Å². The highest BCUT2D eigenvalue weighted by Crippen LogP contribution is 2.35. The lowest BCUT2D eigenvalue weighted by Gasteiger charge is -2.12. The molecule has 0 fully saturated rings. The van der Waals surface area contributed by atoms with Crippen molar-refractivity contribution in [3.63, 3.8) is 0 Å². The maximum atomic E-state index is 13.0. The van der Waals surface area contributed by atoms with E-state index in [4.69, 9.17) is 0 Å². The molecule has 1 aromatic heterocycles. The molecular weight excluding hydrogens is 380 g/mol. The largest absolute Gasteiger partial charge is 0.372 e. The van der Waals surface area contributed by atoms with Crippen LogP contribution in [0.15, 0.2) is 38.5 Å². The van der Waals surface area contributed by atoms with Crippen molar-refractivity contribution in [3.8, 4) is 0 Å². The zero-order valence-electron chi connectivity index (χ0n) is 14.6. The third-order valence-electron chi connectivity index (χ3n) is 3.80. The Morgan fingerprint density at radius 1 is 1.12 bits per heavy atom. The van der Waals surface area contributed by atoms with Gasteiger partial charge in [-0.25, -0.2) is 21.8 Å². The Balaban J connectivity index is 2.63. The summed E-state index contributed by atoms with van der Waals surface area (Å²) in [6.07, 6.45) is 0.762. The minimum atomic E-state index is -3.92. The van der Waals surface area contributed by atoms with Crippen molar-refractivity contribution in [3.05, 3.63) is 29.8 Å². The average molecular weight is 403 g/mol. The molecule has 1 N–H and O–H groups in total. The number of rotatable bonds is 7. The van der Waals surface area contributed by atoms with E-state index in [1.807, 2.05) is 20.8 Å². The number of aryl methyl sites for hydroxylation is 1. The standard InChI is InChI=1S/C16H22N2O4S3/c1-5-12(4)17-14-15(18-16(23-14)24(19,20)6-2)25(21,22)13-9-7-11(3)8-10-13/h7-10,12,17H,5-6H2,1-4H3/t12-/m0/s1. The summed E-state index contributed by atoms with van der Waals surface area (Å²) in [5, 5.41) is 3.11. The van der Waals surface area contributed by atoms with Gasteiger partial charge in [-0.1, -0.05) is 42.9 Å². The van der Waals surface area contributed by atoms with E-state index in [1.165, 1.54) is 19.1 Å². The average Bonchev–Trinajstić information content (AvgIpc) is 3.00. The van der Waals surface area contributed by atoms with Crippen molar-refractivity contribution in [1.82, 2.24) is 4.98 Å². The molecule has 1 atom stereocenters. The molecule has 0 radical (unpaired) electrons. The lowest BCUT2D eigenvalue weighted by atomic mass is 10.2. The Morgan fingerprint density at radius 3 is 2.24 bits per heavy atom. The first-order chi connectivity index (χ1) is 11.6. The van der Waals surface area contributed by atoms with Crippen LogP contribution >= 0.6 is 11.3 Å². The van der Waals surface area contributed by atoms with E-state index in [0.717, 1.165) is 23.3 Å². The van der Waals surface area contributed by atoms with E-state index in [9.17, 15) is 16.8 Å². The molecule has 0 aliphatic heterocycles. The minimum absolute atomic E-state index is 0.00963. The van der Waals surface area contributed by atoms with Crippen molar-refractivity contribution in [2.24, 2.45) is 0 Å². The molecule has 0 amide bonds. The maximum absolute atomic E-state index is 13.0. The SMILES string of the molecule is CC[C@H](C)Nc1sc(S(=O)(=O)CC)nc1S(=O)(=O)c1ccc(C)cc1. The molecule has 0 saturated carbocycles. The quantitative estimate of drug-likeness (QED) is 0.764. The summed E-state index contributed by atoms with van der Waals surface area (Å²) in [6, 6.07) is 6.40. The summed E-state index contributed by atoms with van der Waals surface area (Å²) < 4.78 is 50.1. The number of benzene rings is 1. The van der Waals surface area contributed by atoms with Gasteiger partial charge in [0.15, 0.2) is 5.03 Å². The van der Waals surface area contributed by atoms with Gasteiger partial charge in [-0.15, -0.1) is 0 Å². The van der Waals surface area contributed by atoms with Gasteiger partial charge in [-0.05, 0) is 32.4 Å². The Morgan fingerprint density at radius 2 is 1.72 bits per heavy atom. The van der Waals surface area contributed by atoms with Crippen LogP contribution < -0.4 is 5.32 Å². The zero-order chi connectivity index (χ0) is 18.8. The van der Waals surface area contributed by atoms with Crippen LogP contribution in [0.4, 0.5) is 5.00 Å². The third-order valence-corrected chi connectivity index (χ3v) is 8.80. The minimum Gasteiger partial charge on any atom is -0.372 e.